The van der Waals surface area contributed by atoms with Crippen molar-refractivity contribution in [2.45, 2.75) is 10.7 Å². The molecule has 120 valence electrons. The number of hydrogen-bond donors (Lipinski definition) is 0. The van der Waals surface area contributed by atoms with Crippen LogP contribution in [0.4, 0.5) is 5.69 Å². The van der Waals surface area contributed by atoms with Gasteiger partial charge in [-0.05, 0) is 24.3 Å². The number of carbonyl (C=O) groups excluding carboxylic acids is 1. The summed E-state index contributed by atoms with van der Waals surface area (Å²) in [5.74, 6) is 0.547. The Bertz CT molecular complexity index is 719. The van der Waals surface area contributed by atoms with Gasteiger partial charge in [-0.2, -0.15) is 0 Å². The van der Waals surface area contributed by atoms with Crippen molar-refractivity contribution in [2.75, 3.05) is 7.11 Å². The molecule has 0 aliphatic heterocycles. The first-order chi connectivity index (χ1) is 11.0. The Labute approximate surface area is 150 Å². The standard InChI is InChI=1S/C16H13Br2NO4/c1-23-16-12(8-17)6-11(7-13(16)9-18)15(20)10-2-4-14(5-3-10)19(21)22/h2-7H,8-9H2,1H3. The molecule has 0 saturated carbocycles. The number of rotatable bonds is 6. The predicted octanol–water partition coefficient (Wildman–Crippen LogP) is 4.62. The van der Waals surface area contributed by atoms with Gasteiger partial charge in [0.25, 0.3) is 5.69 Å². The van der Waals surface area contributed by atoms with Crippen LogP contribution in [0, 0.1) is 10.1 Å². The molecule has 0 spiro atoms. The average Bonchev–Trinajstić information content (AvgIpc) is 2.59. The van der Waals surface area contributed by atoms with Crippen molar-refractivity contribution in [1.82, 2.24) is 0 Å². The largest absolute Gasteiger partial charge is 0.496 e. The van der Waals surface area contributed by atoms with E-state index in [0.29, 0.717) is 21.8 Å². The third kappa shape index (κ3) is 3.79. The number of ketones is 1. The Morgan fingerprint density at radius 3 is 2.00 bits per heavy atom. The molecule has 2 aromatic rings. The van der Waals surface area contributed by atoms with Crippen LogP contribution >= 0.6 is 31.9 Å². The Hall–Kier alpha value is -1.73. The Balaban J connectivity index is 2.44. The first kappa shape index (κ1) is 17.6. The Morgan fingerprint density at radius 2 is 1.61 bits per heavy atom. The molecule has 2 aromatic carbocycles. The third-order valence-corrected chi connectivity index (χ3v) is 4.55. The smallest absolute Gasteiger partial charge is 0.269 e. The fourth-order valence-electron chi connectivity index (χ4n) is 2.25. The lowest BCUT2D eigenvalue weighted by molar-refractivity contribution is -0.384. The molecule has 7 heteroatoms. The molecule has 0 aliphatic carbocycles. The number of alkyl halides is 2. The maximum absolute atomic E-state index is 12.6. The van der Waals surface area contributed by atoms with Gasteiger partial charge in [-0.1, -0.05) is 31.9 Å². The zero-order chi connectivity index (χ0) is 17.0. The van der Waals surface area contributed by atoms with Crippen LogP contribution in [0.15, 0.2) is 36.4 Å². The molecule has 23 heavy (non-hydrogen) atoms. The molecule has 0 radical (unpaired) electrons. The van der Waals surface area contributed by atoms with Gasteiger partial charge in [0, 0.05) is 45.0 Å². The van der Waals surface area contributed by atoms with Crippen LogP contribution in [0.1, 0.15) is 27.0 Å². The van der Waals surface area contributed by atoms with Crippen molar-refractivity contribution in [3.8, 4) is 5.75 Å². The highest BCUT2D eigenvalue weighted by atomic mass is 79.9. The van der Waals surface area contributed by atoms with E-state index in [2.05, 4.69) is 31.9 Å². The zero-order valence-corrected chi connectivity index (χ0v) is 15.4. The molecule has 0 amide bonds. The summed E-state index contributed by atoms with van der Waals surface area (Å²) in [6.45, 7) is 0. The van der Waals surface area contributed by atoms with Crippen LogP contribution in [-0.2, 0) is 10.7 Å². The summed E-state index contributed by atoms with van der Waals surface area (Å²) < 4.78 is 5.39. The van der Waals surface area contributed by atoms with Gasteiger partial charge in [-0.15, -0.1) is 0 Å². The summed E-state index contributed by atoms with van der Waals surface area (Å²) >= 11 is 6.79. The second-order valence-electron chi connectivity index (χ2n) is 4.73. The van der Waals surface area contributed by atoms with Crippen LogP contribution in [0.5, 0.6) is 5.75 Å². The SMILES string of the molecule is COc1c(CBr)cc(C(=O)c2ccc([N+](=O)[O-])cc2)cc1CBr. The molecule has 0 aliphatic rings. The van der Waals surface area contributed by atoms with Crippen molar-refractivity contribution in [3.05, 3.63) is 68.8 Å². The normalized spacial score (nSPS) is 10.4. The zero-order valence-electron chi connectivity index (χ0n) is 12.2. The van der Waals surface area contributed by atoms with Crippen molar-refractivity contribution < 1.29 is 14.5 Å². The number of nitrogens with zero attached hydrogens (tertiary/aromatic N) is 1. The average molecular weight is 443 g/mol. The monoisotopic (exact) mass is 441 g/mol. The van der Waals surface area contributed by atoms with Gasteiger partial charge in [-0.3, -0.25) is 14.9 Å². The molecule has 0 fully saturated rings. The molecule has 0 atom stereocenters. The summed E-state index contributed by atoms with van der Waals surface area (Å²) in [5.41, 5.74) is 2.62. The van der Waals surface area contributed by atoms with Gasteiger partial charge in [0.2, 0.25) is 0 Å². The van der Waals surface area contributed by atoms with Gasteiger partial charge in [0.05, 0.1) is 12.0 Å². The minimum Gasteiger partial charge on any atom is -0.496 e. The van der Waals surface area contributed by atoms with Crippen LogP contribution < -0.4 is 4.74 Å². The summed E-state index contributed by atoms with van der Waals surface area (Å²) in [4.78, 5) is 22.8. The van der Waals surface area contributed by atoms with Crippen molar-refractivity contribution in [3.63, 3.8) is 0 Å². The lowest BCUT2D eigenvalue weighted by Crippen LogP contribution is -2.05. The third-order valence-electron chi connectivity index (χ3n) is 3.34. The van der Waals surface area contributed by atoms with E-state index in [4.69, 9.17) is 4.74 Å². The van der Waals surface area contributed by atoms with E-state index in [0.717, 1.165) is 16.9 Å². The molecule has 0 N–H and O–H groups in total. The van der Waals surface area contributed by atoms with Crippen LogP contribution in [-0.4, -0.2) is 17.8 Å². The van der Waals surface area contributed by atoms with Crippen molar-refractivity contribution in [1.29, 1.82) is 0 Å². The second-order valence-corrected chi connectivity index (χ2v) is 5.85. The molecule has 0 heterocycles. The van der Waals surface area contributed by atoms with E-state index in [-0.39, 0.29) is 11.5 Å². The molecular weight excluding hydrogens is 430 g/mol. The van der Waals surface area contributed by atoms with E-state index in [1.54, 1.807) is 19.2 Å². The molecule has 5 nitrogen and oxygen atoms in total. The quantitative estimate of drug-likeness (QED) is 0.283. The minimum absolute atomic E-state index is 0.0430. The van der Waals surface area contributed by atoms with E-state index in [1.165, 1.54) is 24.3 Å². The molecule has 0 unspecified atom stereocenters. The van der Waals surface area contributed by atoms with Gasteiger partial charge in [0.1, 0.15) is 5.75 Å². The second kappa shape index (κ2) is 7.70. The lowest BCUT2D eigenvalue weighted by Gasteiger charge is -2.13. The molecular formula is C16H13Br2NO4. The maximum atomic E-state index is 12.6. The highest BCUT2D eigenvalue weighted by Gasteiger charge is 2.16. The van der Waals surface area contributed by atoms with Crippen LogP contribution in [0.2, 0.25) is 0 Å². The van der Waals surface area contributed by atoms with Gasteiger partial charge in [0.15, 0.2) is 5.78 Å². The first-order valence-electron chi connectivity index (χ1n) is 6.62. The van der Waals surface area contributed by atoms with E-state index >= 15 is 0 Å². The van der Waals surface area contributed by atoms with E-state index < -0.39 is 4.92 Å². The summed E-state index contributed by atoms with van der Waals surface area (Å²) in [6.07, 6.45) is 0. The first-order valence-corrected chi connectivity index (χ1v) is 8.87. The molecule has 0 saturated heterocycles. The summed E-state index contributed by atoms with van der Waals surface area (Å²) in [6, 6.07) is 9.12. The number of nitro benzene ring substituents is 1. The number of methoxy groups -OCH3 is 1. The maximum Gasteiger partial charge on any atom is 0.269 e. The van der Waals surface area contributed by atoms with Gasteiger partial charge >= 0.3 is 0 Å². The van der Waals surface area contributed by atoms with Crippen LogP contribution in [0.3, 0.4) is 0 Å². The fraction of sp³-hybridized carbons (Fsp3) is 0.188. The number of ether oxygens (including phenoxy) is 1. The highest BCUT2D eigenvalue weighted by Crippen LogP contribution is 2.30. The highest BCUT2D eigenvalue weighted by molar-refractivity contribution is 9.08. The van der Waals surface area contributed by atoms with E-state index in [9.17, 15) is 14.9 Å². The number of benzene rings is 2. The summed E-state index contributed by atoms with van der Waals surface area (Å²) in [5, 5.41) is 11.8. The Morgan fingerprint density at radius 1 is 1.09 bits per heavy atom. The minimum atomic E-state index is -0.493. The van der Waals surface area contributed by atoms with Crippen LogP contribution in [0.25, 0.3) is 0 Å². The number of hydrogen-bond acceptors (Lipinski definition) is 4. The molecule has 2 rings (SSSR count). The van der Waals surface area contributed by atoms with Gasteiger partial charge in [-0.25, -0.2) is 0 Å². The number of non-ortho nitro benzene ring substituents is 1. The number of carbonyl (C=O) groups is 1. The summed E-state index contributed by atoms with van der Waals surface area (Å²) in [7, 11) is 1.59. The number of halogens is 2. The lowest BCUT2D eigenvalue weighted by atomic mass is 9.98. The van der Waals surface area contributed by atoms with Gasteiger partial charge < -0.3 is 4.74 Å². The molecule has 0 bridgehead atoms. The van der Waals surface area contributed by atoms with Crippen molar-refractivity contribution in [2.24, 2.45) is 0 Å². The molecule has 0 aromatic heterocycles. The Kier molecular flexibility index (Phi) is 5.90. The number of nitro groups is 1. The fourth-order valence-corrected chi connectivity index (χ4v) is 3.08. The topological polar surface area (TPSA) is 69.4 Å². The predicted molar refractivity (Wildman–Crippen MR) is 94.8 cm³/mol. The van der Waals surface area contributed by atoms with Crippen molar-refractivity contribution >= 4 is 43.3 Å². The van der Waals surface area contributed by atoms with E-state index in [1.807, 2.05) is 0 Å².